The van der Waals surface area contributed by atoms with Crippen molar-refractivity contribution in [2.24, 2.45) is 0 Å². The number of carbonyl (C=O) groups excluding carboxylic acids is 1. The van der Waals surface area contributed by atoms with E-state index >= 15 is 0 Å². The predicted molar refractivity (Wildman–Crippen MR) is 161 cm³/mol. The molecule has 3 heteroatoms. The summed E-state index contributed by atoms with van der Waals surface area (Å²) in [5.74, 6) is -0.348. The molecule has 0 saturated carbocycles. The average Bonchev–Trinajstić information content (AvgIpc) is 3.36. The Morgan fingerprint density at radius 2 is 1.26 bits per heavy atom. The van der Waals surface area contributed by atoms with Crippen molar-refractivity contribution in [2.45, 2.75) is 0 Å². The van der Waals surface area contributed by atoms with Gasteiger partial charge in [0.15, 0.2) is 0 Å². The van der Waals surface area contributed by atoms with Crippen molar-refractivity contribution in [2.75, 3.05) is 7.11 Å². The zero-order chi connectivity index (χ0) is 26.1. The average molecular weight is 503 g/mol. The highest BCUT2D eigenvalue weighted by molar-refractivity contribution is 6.33. The first kappa shape index (κ1) is 21.9. The molecule has 0 spiro atoms. The quantitative estimate of drug-likeness (QED) is 0.174. The molecule has 0 bridgehead atoms. The van der Waals surface area contributed by atoms with Gasteiger partial charge in [-0.3, -0.25) is 0 Å². The molecule has 1 heterocycles. The van der Waals surface area contributed by atoms with Crippen LogP contribution < -0.4 is 0 Å². The normalized spacial score (nSPS) is 11.8. The molecular formula is C36H22O3. The summed E-state index contributed by atoms with van der Waals surface area (Å²) < 4.78 is 11.4. The number of esters is 1. The topological polar surface area (TPSA) is 39.4 Å². The summed E-state index contributed by atoms with van der Waals surface area (Å²) in [6.07, 6.45) is 0. The number of hydrogen-bond acceptors (Lipinski definition) is 3. The van der Waals surface area contributed by atoms with Crippen LogP contribution in [0, 0.1) is 0 Å². The van der Waals surface area contributed by atoms with Crippen molar-refractivity contribution in [1.29, 1.82) is 0 Å². The number of rotatable bonds is 2. The first-order valence-electron chi connectivity index (χ1n) is 13.0. The third-order valence-corrected chi connectivity index (χ3v) is 7.96. The van der Waals surface area contributed by atoms with Crippen LogP contribution in [0.15, 0.2) is 120 Å². The number of furan rings is 1. The van der Waals surface area contributed by atoms with Gasteiger partial charge in [0.1, 0.15) is 11.2 Å². The second-order valence-electron chi connectivity index (χ2n) is 10.00. The predicted octanol–water partition coefficient (Wildman–Crippen LogP) is 9.65. The van der Waals surface area contributed by atoms with Gasteiger partial charge in [0.2, 0.25) is 0 Å². The van der Waals surface area contributed by atoms with Gasteiger partial charge in [-0.25, -0.2) is 4.79 Å². The molecular weight excluding hydrogens is 480 g/mol. The highest BCUT2D eigenvalue weighted by Crippen LogP contribution is 2.42. The second-order valence-corrected chi connectivity index (χ2v) is 10.00. The largest absolute Gasteiger partial charge is 0.465 e. The Balaban J connectivity index is 1.47. The number of fused-ring (bicyclic) bond motifs is 11. The van der Waals surface area contributed by atoms with E-state index in [2.05, 4.69) is 78.9 Å². The summed E-state index contributed by atoms with van der Waals surface area (Å²) in [6.45, 7) is 0. The molecule has 0 radical (unpaired) electrons. The minimum atomic E-state index is -0.348. The van der Waals surface area contributed by atoms with Crippen molar-refractivity contribution in [3.8, 4) is 11.1 Å². The van der Waals surface area contributed by atoms with E-state index in [1.54, 1.807) is 6.07 Å². The van der Waals surface area contributed by atoms with Crippen molar-refractivity contribution in [3.05, 3.63) is 121 Å². The lowest BCUT2D eigenvalue weighted by molar-refractivity contribution is 0.0601. The Morgan fingerprint density at radius 3 is 2.13 bits per heavy atom. The summed E-state index contributed by atoms with van der Waals surface area (Å²) >= 11 is 0. The van der Waals surface area contributed by atoms with Gasteiger partial charge in [-0.05, 0) is 84.5 Å². The molecule has 0 aliphatic heterocycles. The van der Waals surface area contributed by atoms with E-state index in [1.807, 2.05) is 30.3 Å². The fraction of sp³-hybridized carbons (Fsp3) is 0.0278. The Morgan fingerprint density at radius 1 is 0.564 bits per heavy atom. The van der Waals surface area contributed by atoms with Crippen molar-refractivity contribution in [3.63, 3.8) is 0 Å². The number of ether oxygens (including phenoxy) is 1. The third kappa shape index (κ3) is 3.14. The molecule has 0 N–H and O–H groups in total. The van der Waals surface area contributed by atoms with E-state index in [9.17, 15) is 4.79 Å². The van der Waals surface area contributed by atoms with Crippen LogP contribution in [0.4, 0.5) is 0 Å². The van der Waals surface area contributed by atoms with Crippen LogP contribution in [0.1, 0.15) is 10.4 Å². The SMILES string of the molecule is COC(=O)c1ccccc1-c1ccc2oc3cc4c(cc3c2c1)c1ccccc1c1c2ccccc2ccc41. The summed E-state index contributed by atoms with van der Waals surface area (Å²) in [5.41, 5.74) is 3.99. The van der Waals surface area contributed by atoms with Crippen LogP contribution in [0.2, 0.25) is 0 Å². The lowest BCUT2D eigenvalue weighted by atomic mass is 9.90. The Bertz CT molecular complexity index is 2290. The molecule has 0 atom stereocenters. The summed E-state index contributed by atoms with van der Waals surface area (Å²) in [7, 11) is 1.41. The molecule has 184 valence electrons. The fourth-order valence-electron chi connectivity index (χ4n) is 6.18. The summed E-state index contributed by atoms with van der Waals surface area (Å²) in [6, 6.07) is 39.8. The van der Waals surface area contributed by atoms with Gasteiger partial charge in [0.05, 0.1) is 12.7 Å². The van der Waals surface area contributed by atoms with Crippen LogP contribution in [0.25, 0.3) is 76.2 Å². The molecule has 8 rings (SSSR count). The summed E-state index contributed by atoms with van der Waals surface area (Å²) in [4.78, 5) is 12.5. The van der Waals surface area contributed by atoms with Gasteiger partial charge in [0.25, 0.3) is 0 Å². The summed E-state index contributed by atoms with van der Waals surface area (Å²) in [5, 5.41) is 11.9. The molecule has 0 unspecified atom stereocenters. The number of methoxy groups -OCH3 is 1. The van der Waals surface area contributed by atoms with Gasteiger partial charge in [-0.1, -0.05) is 84.9 Å². The van der Waals surface area contributed by atoms with Crippen LogP contribution in [0.3, 0.4) is 0 Å². The Labute approximate surface area is 223 Å². The smallest absolute Gasteiger partial charge is 0.338 e. The van der Waals surface area contributed by atoms with E-state index < -0.39 is 0 Å². The lowest BCUT2D eigenvalue weighted by Gasteiger charge is -2.13. The molecule has 39 heavy (non-hydrogen) atoms. The molecule has 0 aliphatic carbocycles. The maximum Gasteiger partial charge on any atom is 0.338 e. The first-order valence-corrected chi connectivity index (χ1v) is 13.0. The van der Waals surface area contributed by atoms with E-state index in [1.165, 1.54) is 50.2 Å². The fourth-order valence-corrected chi connectivity index (χ4v) is 6.18. The number of benzene rings is 7. The number of carbonyl (C=O) groups is 1. The van der Waals surface area contributed by atoms with E-state index in [4.69, 9.17) is 9.15 Å². The van der Waals surface area contributed by atoms with Crippen LogP contribution in [-0.4, -0.2) is 13.1 Å². The van der Waals surface area contributed by atoms with Gasteiger partial charge >= 0.3 is 5.97 Å². The highest BCUT2D eigenvalue weighted by atomic mass is 16.5. The Kier molecular flexibility index (Phi) is 4.59. The minimum absolute atomic E-state index is 0.348. The maximum absolute atomic E-state index is 12.5. The number of hydrogen-bond donors (Lipinski definition) is 0. The molecule has 1 aromatic heterocycles. The van der Waals surface area contributed by atoms with Gasteiger partial charge in [0, 0.05) is 10.8 Å². The van der Waals surface area contributed by atoms with Crippen molar-refractivity contribution < 1.29 is 13.9 Å². The van der Waals surface area contributed by atoms with E-state index in [0.29, 0.717) is 5.56 Å². The zero-order valence-electron chi connectivity index (χ0n) is 21.2. The zero-order valence-corrected chi connectivity index (χ0v) is 21.2. The molecule has 0 saturated heterocycles. The standard InChI is InChI=1S/C36H22O3/c1-38-36(37)28-13-7-4-9-23(28)22-15-17-33-31(18-22)32-19-29-25-11-5-6-12-26(25)35-24-10-3-2-8-21(24)14-16-27(35)30(29)20-34(32)39-33/h2-20H,1H3. The second kappa shape index (κ2) is 8.17. The first-order chi connectivity index (χ1) is 19.2. The van der Waals surface area contributed by atoms with E-state index in [-0.39, 0.29) is 5.97 Å². The molecule has 0 amide bonds. The van der Waals surface area contributed by atoms with Crippen molar-refractivity contribution >= 4 is 71.0 Å². The monoisotopic (exact) mass is 502 g/mol. The van der Waals surface area contributed by atoms with Gasteiger partial charge in [-0.2, -0.15) is 0 Å². The molecule has 8 aromatic rings. The third-order valence-electron chi connectivity index (χ3n) is 7.96. The van der Waals surface area contributed by atoms with Gasteiger partial charge < -0.3 is 9.15 Å². The van der Waals surface area contributed by atoms with Crippen molar-refractivity contribution in [1.82, 2.24) is 0 Å². The van der Waals surface area contributed by atoms with E-state index in [0.717, 1.165) is 33.1 Å². The Hall–Kier alpha value is -5.15. The van der Waals surface area contributed by atoms with Gasteiger partial charge in [-0.15, -0.1) is 0 Å². The van der Waals surface area contributed by atoms with Crippen LogP contribution in [0.5, 0.6) is 0 Å². The molecule has 7 aromatic carbocycles. The molecule has 0 fully saturated rings. The maximum atomic E-state index is 12.5. The van der Waals surface area contributed by atoms with Crippen LogP contribution >= 0.6 is 0 Å². The lowest BCUT2D eigenvalue weighted by Crippen LogP contribution is -2.03. The molecule has 3 nitrogen and oxygen atoms in total. The minimum Gasteiger partial charge on any atom is -0.465 e. The highest BCUT2D eigenvalue weighted by Gasteiger charge is 2.17. The van der Waals surface area contributed by atoms with Crippen LogP contribution in [-0.2, 0) is 4.74 Å². The molecule has 0 aliphatic rings.